The topological polar surface area (TPSA) is 104 Å². The highest BCUT2D eigenvalue weighted by Gasteiger charge is 2.38. The average Bonchev–Trinajstić information content (AvgIpc) is 3.15. The summed E-state index contributed by atoms with van der Waals surface area (Å²) in [5.74, 6) is -0.848. The molecule has 10 heteroatoms. The molecule has 4 heterocycles. The van der Waals surface area contributed by atoms with Crippen molar-refractivity contribution in [2.45, 2.75) is 5.79 Å². The Morgan fingerprint density at radius 2 is 1.36 bits per heavy atom. The van der Waals surface area contributed by atoms with Gasteiger partial charge in [0.2, 0.25) is 5.79 Å². The van der Waals surface area contributed by atoms with Gasteiger partial charge in [0.25, 0.3) is 5.91 Å². The Hall–Kier alpha value is -3.07. The van der Waals surface area contributed by atoms with Crippen molar-refractivity contribution in [3.05, 3.63) is 90.3 Å². The molecule has 1 unspecified atom stereocenters. The summed E-state index contributed by atoms with van der Waals surface area (Å²) >= 11 is 0. The van der Waals surface area contributed by atoms with Crippen molar-refractivity contribution in [1.29, 1.82) is 0 Å². The Balaban J connectivity index is 0.00000140. The van der Waals surface area contributed by atoms with Gasteiger partial charge in [-0.3, -0.25) is 19.7 Å². The van der Waals surface area contributed by atoms with E-state index >= 15 is 0 Å². The molecule has 0 saturated heterocycles. The number of pyridine rings is 3. The Labute approximate surface area is 173 Å². The molecule has 3 aromatic heterocycles. The van der Waals surface area contributed by atoms with E-state index < -0.39 is 5.79 Å². The van der Waals surface area contributed by atoms with Crippen molar-refractivity contribution in [1.82, 2.24) is 31.1 Å². The number of halogens is 2. The van der Waals surface area contributed by atoms with Crippen LogP contribution in [0.4, 0.5) is 0 Å². The van der Waals surface area contributed by atoms with Gasteiger partial charge in [-0.2, -0.15) is 5.43 Å². The molecule has 0 bridgehead atoms. The minimum Gasteiger partial charge on any atom is -0.310 e. The number of hydrogen-bond acceptors (Lipinski definition) is 7. The van der Waals surface area contributed by atoms with Crippen molar-refractivity contribution in [2.75, 3.05) is 0 Å². The number of carbonyl (C=O) groups is 1. The van der Waals surface area contributed by atoms with Crippen LogP contribution in [-0.4, -0.2) is 26.7 Å². The summed E-state index contributed by atoms with van der Waals surface area (Å²) < 4.78 is 0. The SMILES string of the molecule is Cl.Cl.O=C(NC1(c2ccncc2)N=C(c2ccncc2)NN1)c1ccncc1. The average molecular weight is 418 g/mol. The highest BCUT2D eigenvalue weighted by Crippen LogP contribution is 2.23. The number of amidine groups is 1. The minimum atomic E-state index is -1.16. The van der Waals surface area contributed by atoms with Crippen LogP contribution in [0.15, 0.2) is 78.6 Å². The van der Waals surface area contributed by atoms with Gasteiger partial charge in [-0.1, -0.05) is 0 Å². The highest BCUT2D eigenvalue weighted by molar-refractivity contribution is 6.00. The number of nitrogens with zero attached hydrogens (tertiary/aromatic N) is 4. The lowest BCUT2D eigenvalue weighted by atomic mass is 10.1. The Morgan fingerprint density at radius 3 is 1.96 bits per heavy atom. The van der Waals surface area contributed by atoms with Gasteiger partial charge in [0.15, 0.2) is 0 Å². The fraction of sp³-hybridized carbons (Fsp3) is 0.0556. The van der Waals surface area contributed by atoms with Crippen LogP contribution in [0.3, 0.4) is 0 Å². The summed E-state index contributed by atoms with van der Waals surface area (Å²) in [5, 5.41) is 2.95. The van der Waals surface area contributed by atoms with Gasteiger partial charge in [0, 0.05) is 53.9 Å². The van der Waals surface area contributed by atoms with Gasteiger partial charge in [0.05, 0.1) is 0 Å². The second-order valence-corrected chi connectivity index (χ2v) is 5.58. The molecule has 0 aliphatic carbocycles. The normalized spacial score (nSPS) is 17.4. The van der Waals surface area contributed by atoms with Crippen LogP contribution in [0, 0.1) is 0 Å². The fourth-order valence-electron chi connectivity index (χ4n) is 2.62. The van der Waals surface area contributed by atoms with Gasteiger partial charge in [-0.05, 0) is 36.4 Å². The molecule has 0 spiro atoms. The zero-order chi connectivity index (χ0) is 17.8. The lowest BCUT2D eigenvalue weighted by molar-refractivity contribution is 0.0881. The number of nitrogens with one attached hydrogen (secondary N) is 3. The van der Waals surface area contributed by atoms with Gasteiger partial charge in [-0.25, -0.2) is 4.99 Å². The first-order valence-corrected chi connectivity index (χ1v) is 7.93. The van der Waals surface area contributed by atoms with Crippen LogP contribution in [0.1, 0.15) is 21.5 Å². The van der Waals surface area contributed by atoms with E-state index in [0.29, 0.717) is 11.4 Å². The first-order chi connectivity index (χ1) is 12.8. The zero-order valence-electron chi connectivity index (χ0n) is 14.4. The fourth-order valence-corrected chi connectivity index (χ4v) is 2.62. The van der Waals surface area contributed by atoms with E-state index in [1.807, 2.05) is 12.1 Å². The maximum atomic E-state index is 12.7. The van der Waals surface area contributed by atoms with E-state index in [1.165, 1.54) is 0 Å². The Bertz CT molecular complexity index is 942. The molecule has 0 radical (unpaired) electrons. The molecule has 0 saturated carbocycles. The van der Waals surface area contributed by atoms with E-state index in [4.69, 9.17) is 4.99 Å². The summed E-state index contributed by atoms with van der Waals surface area (Å²) in [7, 11) is 0. The van der Waals surface area contributed by atoms with E-state index in [2.05, 4.69) is 31.1 Å². The number of carbonyl (C=O) groups excluding carboxylic acids is 1. The molecule has 4 rings (SSSR count). The molecule has 1 aliphatic heterocycles. The minimum absolute atomic E-state index is 0. The number of hydrazine groups is 1. The molecule has 0 fully saturated rings. The van der Waals surface area contributed by atoms with Crippen LogP contribution >= 0.6 is 24.8 Å². The third-order valence-electron chi connectivity index (χ3n) is 3.93. The largest absolute Gasteiger partial charge is 0.310 e. The number of rotatable bonds is 4. The van der Waals surface area contributed by atoms with Gasteiger partial charge in [0.1, 0.15) is 5.84 Å². The first-order valence-electron chi connectivity index (χ1n) is 7.93. The smallest absolute Gasteiger partial charge is 0.254 e. The summed E-state index contributed by atoms with van der Waals surface area (Å²) in [5.41, 5.74) is 8.21. The van der Waals surface area contributed by atoms with Crippen LogP contribution in [-0.2, 0) is 5.79 Å². The number of aromatic nitrogens is 3. The standard InChI is InChI=1S/C18H15N7O.2ClH/c26-17(14-3-9-20-10-4-14)23-18(15-5-11-21-12-6-15)22-16(24-25-18)13-1-7-19-8-2-13;;/h1-12,25H,(H,22,24)(H,23,26);2*1H. The lowest BCUT2D eigenvalue weighted by Gasteiger charge is -2.27. The van der Waals surface area contributed by atoms with Gasteiger partial charge < -0.3 is 10.7 Å². The molecule has 3 N–H and O–H groups in total. The summed E-state index contributed by atoms with van der Waals surface area (Å²) in [6, 6.07) is 10.5. The number of aliphatic imine (C=N–C) groups is 1. The molecule has 1 atom stereocenters. The molecule has 3 aromatic rings. The predicted octanol–water partition coefficient (Wildman–Crippen LogP) is 1.81. The van der Waals surface area contributed by atoms with Crippen molar-refractivity contribution in [3.8, 4) is 0 Å². The predicted molar refractivity (Wildman–Crippen MR) is 109 cm³/mol. The molecule has 144 valence electrons. The second kappa shape index (κ2) is 9.23. The molecular formula is C18H17Cl2N7O. The molecular weight excluding hydrogens is 401 g/mol. The molecule has 0 aromatic carbocycles. The van der Waals surface area contributed by atoms with Crippen LogP contribution in [0.25, 0.3) is 0 Å². The number of hydrogen-bond donors (Lipinski definition) is 3. The van der Waals surface area contributed by atoms with Crippen LogP contribution in [0.2, 0.25) is 0 Å². The van der Waals surface area contributed by atoms with Crippen molar-refractivity contribution < 1.29 is 4.79 Å². The second-order valence-electron chi connectivity index (χ2n) is 5.58. The highest BCUT2D eigenvalue weighted by atomic mass is 35.5. The lowest BCUT2D eigenvalue weighted by Crippen LogP contribution is -2.55. The van der Waals surface area contributed by atoms with Gasteiger partial charge in [-0.15, -0.1) is 24.8 Å². The third-order valence-corrected chi connectivity index (χ3v) is 3.93. The Morgan fingerprint density at radius 1 is 0.821 bits per heavy atom. The molecule has 1 aliphatic rings. The van der Waals surface area contributed by atoms with Crippen molar-refractivity contribution >= 4 is 36.6 Å². The zero-order valence-corrected chi connectivity index (χ0v) is 16.1. The molecule has 28 heavy (non-hydrogen) atoms. The maximum Gasteiger partial charge on any atom is 0.254 e. The molecule has 8 nitrogen and oxygen atoms in total. The monoisotopic (exact) mass is 417 g/mol. The summed E-state index contributed by atoms with van der Waals surface area (Å²) in [4.78, 5) is 29.4. The Kier molecular flexibility index (Phi) is 7.00. The summed E-state index contributed by atoms with van der Waals surface area (Å²) in [6.45, 7) is 0. The van der Waals surface area contributed by atoms with Crippen molar-refractivity contribution in [2.24, 2.45) is 4.99 Å². The van der Waals surface area contributed by atoms with E-state index in [1.54, 1.807) is 61.4 Å². The van der Waals surface area contributed by atoms with Crippen LogP contribution in [0.5, 0.6) is 0 Å². The quantitative estimate of drug-likeness (QED) is 0.597. The third kappa shape index (κ3) is 4.25. The van der Waals surface area contributed by atoms with Crippen LogP contribution < -0.4 is 16.2 Å². The van der Waals surface area contributed by atoms with E-state index in [0.717, 1.165) is 11.1 Å². The van der Waals surface area contributed by atoms with Gasteiger partial charge >= 0.3 is 0 Å². The van der Waals surface area contributed by atoms with E-state index in [9.17, 15) is 4.79 Å². The van der Waals surface area contributed by atoms with Crippen molar-refractivity contribution in [3.63, 3.8) is 0 Å². The molecule has 1 amide bonds. The van der Waals surface area contributed by atoms with E-state index in [-0.39, 0.29) is 30.7 Å². The maximum absolute atomic E-state index is 12.7. The first kappa shape index (κ1) is 21.2. The number of amides is 1. The summed E-state index contributed by atoms with van der Waals surface area (Å²) in [6.07, 6.45) is 9.80.